The Bertz CT molecular complexity index is 1340. The second kappa shape index (κ2) is 5.63. The molecule has 7 nitrogen and oxygen atoms in total. The maximum absolute atomic E-state index is 11.3. The van der Waals surface area contributed by atoms with E-state index in [0.29, 0.717) is 29.3 Å². The Morgan fingerprint density at radius 2 is 1.48 bits per heavy atom. The molecule has 1 N–H and O–H groups in total. The van der Waals surface area contributed by atoms with Crippen molar-refractivity contribution in [3.8, 4) is 0 Å². The Hall–Kier alpha value is -3.23. The largest absolute Gasteiger partial charge is 0.436 e. The molecule has 27 heavy (non-hydrogen) atoms. The Labute approximate surface area is 153 Å². The van der Waals surface area contributed by atoms with E-state index < -0.39 is 10.1 Å². The number of benzene rings is 2. The molecule has 0 bridgehead atoms. The second-order valence-electron chi connectivity index (χ2n) is 6.17. The van der Waals surface area contributed by atoms with Gasteiger partial charge in [0.1, 0.15) is 11.0 Å². The number of rotatable bonds is 3. The third kappa shape index (κ3) is 2.75. The molecule has 0 radical (unpaired) electrons. The molecule has 134 valence electrons. The number of oxazole rings is 2. The molecule has 2 heterocycles. The van der Waals surface area contributed by atoms with E-state index in [1.54, 1.807) is 0 Å². The summed E-state index contributed by atoms with van der Waals surface area (Å²) in [5.41, 5.74) is 4.05. The Balaban J connectivity index is 1.45. The number of nitrogens with zero attached hydrogens (tertiary/aromatic N) is 2. The third-order valence-electron chi connectivity index (χ3n) is 4.37. The highest BCUT2D eigenvalue weighted by Crippen LogP contribution is 2.35. The van der Waals surface area contributed by atoms with Crippen molar-refractivity contribution < 1.29 is 21.8 Å². The maximum atomic E-state index is 11.3. The van der Waals surface area contributed by atoms with Gasteiger partial charge in [0.15, 0.2) is 11.2 Å². The van der Waals surface area contributed by atoms with E-state index in [1.165, 1.54) is 18.2 Å². The van der Waals surface area contributed by atoms with E-state index in [2.05, 4.69) is 9.97 Å². The average Bonchev–Trinajstić information content (AvgIpc) is 3.36. The van der Waals surface area contributed by atoms with Crippen LogP contribution in [0, 0.1) is 0 Å². The van der Waals surface area contributed by atoms with Crippen LogP contribution in [0.1, 0.15) is 18.2 Å². The fraction of sp³-hybridized carbons (Fsp3) is 0.0526. The van der Waals surface area contributed by atoms with E-state index in [0.717, 1.165) is 22.2 Å². The van der Waals surface area contributed by atoms with Gasteiger partial charge >= 0.3 is 0 Å². The normalized spacial score (nSPS) is 14.7. The number of para-hydroxylation sites is 2. The monoisotopic (exact) mass is 380 g/mol. The summed E-state index contributed by atoms with van der Waals surface area (Å²) < 4.78 is 43.2. The van der Waals surface area contributed by atoms with Gasteiger partial charge in [0.2, 0.25) is 11.8 Å². The quantitative estimate of drug-likeness (QED) is 0.534. The number of aromatic nitrogens is 2. The first-order valence-corrected chi connectivity index (χ1v) is 9.55. The lowest BCUT2D eigenvalue weighted by Gasteiger charge is -1.97. The minimum Gasteiger partial charge on any atom is -0.436 e. The summed E-state index contributed by atoms with van der Waals surface area (Å²) in [5.74, 6) is 0.937. The number of hydrogen-bond donors (Lipinski definition) is 1. The summed E-state index contributed by atoms with van der Waals surface area (Å²) in [6.07, 6.45) is 4.31. The van der Waals surface area contributed by atoms with Crippen LogP contribution in [0.5, 0.6) is 0 Å². The zero-order chi connectivity index (χ0) is 18.6. The molecule has 4 aromatic rings. The van der Waals surface area contributed by atoms with Crippen LogP contribution >= 0.6 is 0 Å². The lowest BCUT2D eigenvalue weighted by Crippen LogP contribution is -1.97. The zero-order valence-electron chi connectivity index (χ0n) is 13.8. The molecule has 2 aromatic heterocycles. The van der Waals surface area contributed by atoms with E-state index >= 15 is 0 Å². The Morgan fingerprint density at radius 3 is 2.15 bits per heavy atom. The molecular weight excluding hydrogens is 368 g/mol. The van der Waals surface area contributed by atoms with Crippen molar-refractivity contribution in [1.29, 1.82) is 0 Å². The van der Waals surface area contributed by atoms with E-state index in [-0.39, 0.29) is 4.90 Å². The van der Waals surface area contributed by atoms with Gasteiger partial charge < -0.3 is 8.83 Å². The van der Waals surface area contributed by atoms with Crippen molar-refractivity contribution in [3.05, 3.63) is 66.4 Å². The van der Waals surface area contributed by atoms with Crippen LogP contribution in [0.4, 0.5) is 0 Å². The van der Waals surface area contributed by atoms with Crippen LogP contribution in [0.15, 0.2) is 68.3 Å². The van der Waals surface area contributed by atoms with Gasteiger partial charge in [-0.15, -0.1) is 0 Å². The summed E-state index contributed by atoms with van der Waals surface area (Å²) in [6, 6.07) is 11.6. The SMILES string of the molecule is O=S(=O)(O)c1ccc2oc(C3=CC=C(c4nc5ccccc5o4)C3)nc2c1. The molecule has 0 saturated carbocycles. The van der Waals surface area contributed by atoms with Gasteiger partial charge in [-0.2, -0.15) is 8.42 Å². The summed E-state index contributed by atoms with van der Waals surface area (Å²) in [6.45, 7) is 0. The number of hydrogen-bond acceptors (Lipinski definition) is 6. The molecule has 0 amide bonds. The van der Waals surface area contributed by atoms with Gasteiger partial charge in [0, 0.05) is 17.6 Å². The summed E-state index contributed by atoms with van der Waals surface area (Å²) >= 11 is 0. The van der Waals surface area contributed by atoms with Crippen LogP contribution in [-0.4, -0.2) is 22.9 Å². The van der Waals surface area contributed by atoms with Crippen molar-refractivity contribution in [2.24, 2.45) is 0 Å². The van der Waals surface area contributed by atoms with Crippen LogP contribution in [0.3, 0.4) is 0 Å². The molecule has 2 aromatic carbocycles. The molecule has 0 unspecified atom stereocenters. The van der Waals surface area contributed by atoms with E-state index in [4.69, 9.17) is 13.4 Å². The molecule has 0 aliphatic heterocycles. The first kappa shape index (κ1) is 16.0. The van der Waals surface area contributed by atoms with E-state index in [1.807, 2.05) is 36.4 Å². The molecule has 1 aliphatic rings. The summed E-state index contributed by atoms with van der Waals surface area (Å²) in [4.78, 5) is 8.61. The van der Waals surface area contributed by atoms with Crippen molar-refractivity contribution in [3.63, 3.8) is 0 Å². The summed E-state index contributed by atoms with van der Waals surface area (Å²) in [7, 11) is -4.29. The highest BCUT2D eigenvalue weighted by Gasteiger charge is 2.21. The van der Waals surface area contributed by atoms with Crippen molar-refractivity contribution in [2.45, 2.75) is 11.3 Å². The van der Waals surface area contributed by atoms with Gasteiger partial charge in [0.05, 0.1) is 4.90 Å². The molecule has 1 aliphatic carbocycles. The Kier molecular flexibility index (Phi) is 3.33. The third-order valence-corrected chi connectivity index (χ3v) is 5.22. The topological polar surface area (TPSA) is 106 Å². The molecular formula is C19H12N2O5S. The minimum atomic E-state index is -4.29. The zero-order valence-corrected chi connectivity index (χ0v) is 14.6. The predicted octanol–water partition coefficient (Wildman–Crippen LogP) is 4.09. The smallest absolute Gasteiger partial charge is 0.294 e. The molecule has 8 heteroatoms. The van der Waals surface area contributed by atoms with Gasteiger partial charge in [-0.05, 0) is 30.3 Å². The molecule has 0 fully saturated rings. The van der Waals surface area contributed by atoms with Gasteiger partial charge in [0.25, 0.3) is 10.1 Å². The van der Waals surface area contributed by atoms with E-state index in [9.17, 15) is 8.42 Å². The Morgan fingerprint density at radius 1 is 0.852 bits per heavy atom. The van der Waals surface area contributed by atoms with Crippen LogP contribution < -0.4 is 0 Å². The lowest BCUT2D eigenvalue weighted by molar-refractivity contribution is 0.483. The standard InChI is InChI=1S/C19H12N2O5S/c22-27(23,24)13-7-8-17-15(10-13)21-19(26-17)12-6-5-11(9-12)18-20-14-3-1-2-4-16(14)25-18/h1-8,10H,9H2,(H,22,23,24). The van der Waals surface area contributed by atoms with Crippen LogP contribution in [-0.2, 0) is 10.1 Å². The van der Waals surface area contributed by atoms with Crippen LogP contribution in [0.2, 0.25) is 0 Å². The highest BCUT2D eigenvalue weighted by atomic mass is 32.2. The first-order chi connectivity index (χ1) is 13.0. The highest BCUT2D eigenvalue weighted by molar-refractivity contribution is 7.85. The molecule has 5 rings (SSSR count). The average molecular weight is 380 g/mol. The van der Waals surface area contributed by atoms with Crippen molar-refractivity contribution in [1.82, 2.24) is 9.97 Å². The van der Waals surface area contributed by atoms with Gasteiger partial charge in [-0.1, -0.05) is 24.3 Å². The minimum absolute atomic E-state index is 0.222. The number of fused-ring (bicyclic) bond motifs is 2. The van der Waals surface area contributed by atoms with Crippen LogP contribution in [0.25, 0.3) is 33.3 Å². The fourth-order valence-corrected chi connectivity index (χ4v) is 3.53. The van der Waals surface area contributed by atoms with Gasteiger partial charge in [-0.25, -0.2) is 9.97 Å². The fourth-order valence-electron chi connectivity index (χ4n) is 3.03. The lowest BCUT2D eigenvalue weighted by atomic mass is 10.1. The molecule has 0 saturated heterocycles. The molecule has 0 spiro atoms. The van der Waals surface area contributed by atoms with Gasteiger partial charge in [-0.3, -0.25) is 4.55 Å². The number of allylic oxidation sites excluding steroid dienone is 4. The first-order valence-electron chi connectivity index (χ1n) is 8.11. The second-order valence-corrected chi connectivity index (χ2v) is 7.59. The van der Waals surface area contributed by atoms with Crippen molar-refractivity contribution in [2.75, 3.05) is 0 Å². The molecule has 0 atom stereocenters. The summed E-state index contributed by atoms with van der Waals surface area (Å²) in [5, 5.41) is 0. The maximum Gasteiger partial charge on any atom is 0.294 e. The van der Waals surface area contributed by atoms with Crippen molar-refractivity contribution >= 4 is 43.5 Å². The predicted molar refractivity (Wildman–Crippen MR) is 98.4 cm³/mol.